The molecule has 1 N–H and O–H groups in total. The quantitative estimate of drug-likeness (QED) is 0.268. The molecule has 35 heavy (non-hydrogen) atoms. The highest BCUT2D eigenvalue weighted by atomic mass is 35.5. The number of aromatic nitrogens is 1. The van der Waals surface area contributed by atoms with Crippen molar-refractivity contribution in [1.82, 2.24) is 15.2 Å². The van der Waals surface area contributed by atoms with E-state index in [0.29, 0.717) is 35.6 Å². The van der Waals surface area contributed by atoms with Crippen LogP contribution in [0.2, 0.25) is 10.0 Å². The Morgan fingerprint density at radius 1 is 1.00 bits per heavy atom. The van der Waals surface area contributed by atoms with Crippen molar-refractivity contribution in [2.75, 3.05) is 0 Å². The Hall–Kier alpha value is -3.19. The van der Waals surface area contributed by atoms with Crippen molar-refractivity contribution in [2.24, 2.45) is 0 Å². The second kappa shape index (κ2) is 11.5. The van der Waals surface area contributed by atoms with Crippen LogP contribution in [-0.4, -0.2) is 15.8 Å². The van der Waals surface area contributed by atoms with E-state index in [9.17, 15) is 9.18 Å². The van der Waals surface area contributed by atoms with Crippen LogP contribution >= 0.6 is 23.2 Å². The number of rotatable bonds is 9. The SMILES string of the molecule is C[C@@H](NC(=O)c1coc(CN(Cc2ccc(F)cc2)Cc2cccc(Cl)c2Cl)n1)c1ccccc1. The molecule has 0 aliphatic carbocycles. The second-order valence-electron chi connectivity index (χ2n) is 8.22. The lowest BCUT2D eigenvalue weighted by molar-refractivity contribution is 0.0934. The van der Waals surface area contributed by atoms with E-state index in [1.54, 1.807) is 18.2 Å². The van der Waals surface area contributed by atoms with Crippen LogP contribution in [0, 0.1) is 5.82 Å². The molecule has 1 heterocycles. The van der Waals surface area contributed by atoms with E-state index in [2.05, 4.69) is 10.3 Å². The highest BCUT2D eigenvalue weighted by molar-refractivity contribution is 6.42. The topological polar surface area (TPSA) is 58.4 Å². The van der Waals surface area contributed by atoms with Crippen LogP contribution in [0.15, 0.2) is 83.5 Å². The molecule has 0 radical (unpaired) electrons. The van der Waals surface area contributed by atoms with Gasteiger partial charge >= 0.3 is 0 Å². The number of hydrogen-bond acceptors (Lipinski definition) is 4. The first-order chi connectivity index (χ1) is 16.9. The van der Waals surface area contributed by atoms with Gasteiger partial charge in [0.2, 0.25) is 5.89 Å². The fourth-order valence-corrected chi connectivity index (χ4v) is 4.08. The molecule has 180 valence electrons. The van der Waals surface area contributed by atoms with Crippen molar-refractivity contribution >= 4 is 29.1 Å². The first-order valence-corrected chi connectivity index (χ1v) is 11.8. The number of halogens is 3. The zero-order chi connectivity index (χ0) is 24.8. The first kappa shape index (κ1) is 24.9. The predicted octanol–water partition coefficient (Wildman–Crippen LogP) is 6.81. The van der Waals surface area contributed by atoms with Crippen LogP contribution in [0.5, 0.6) is 0 Å². The summed E-state index contributed by atoms with van der Waals surface area (Å²) in [6.07, 6.45) is 1.35. The van der Waals surface area contributed by atoms with Crippen LogP contribution in [0.4, 0.5) is 4.39 Å². The largest absolute Gasteiger partial charge is 0.447 e. The van der Waals surface area contributed by atoms with E-state index in [4.69, 9.17) is 27.6 Å². The van der Waals surface area contributed by atoms with Gasteiger partial charge in [0.25, 0.3) is 5.91 Å². The molecule has 5 nitrogen and oxygen atoms in total. The molecule has 1 aromatic heterocycles. The minimum absolute atomic E-state index is 0.177. The van der Waals surface area contributed by atoms with Crippen molar-refractivity contribution in [3.05, 3.63) is 123 Å². The minimum Gasteiger partial charge on any atom is -0.447 e. The second-order valence-corrected chi connectivity index (χ2v) is 9.00. The Morgan fingerprint density at radius 3 is 2.49 bits per heavy atom. The highest BCUT2D eigenvalue weighted by Crippen LogP contribution is 2.27. The van der Waals surface area contributed by atoms with Crippen LogP contribution in [-0.2, 0) is 19.6 Å². The lowest BCUT2D eigenvalue weighted by Gasteiger charge is -2.22. The molecule has 1 amide bonds. The Balaban J connectivity index is 1.48. The summed E-state index contributed by atoms with van der Waals surface area (Å²) < 4.78 is 19.0. The van der Waals surface area contributed by atoms with Crippen LogP contribution in [0.3, 0.4) is 0 Å². The summed E-state index contributed by atoms with van der Waals surface area (Å²) >= 11 is 12.6. The van der Waals surface area contributed by atoms with Crippen molar-refractivity contribution in [3.63, 3.8) is 0 Å². The van der Waals surface area contributed by atoms with Crippen molar-refractivity contribution < 1.29 is 13.6 Å². The number of nitrogens with zero attached hydrogens (tertiary/aromatic N) is 2. The third-order valence-corrected chi connectivity index (χ3v) is 6.39. The summed E-state index contributed by atoms with van der Waals surface area (Å²) in [6.45, 7) is 3.15. The average Bonchev–Trinajstić information content (AvgIpc) is 3.32. The van der Waals surface area contributed by atoms with Crippen molar-refractivity contribution in [2.45, 2.75) is 32.6 Å². The molecule has 0 aliphatic rings. The van der Waals surface area contributed by atoms with E-state index in [1.165, 1.54) is 18.4 Å². The number of hydrogen-bond donors (Lipinski definition) is 1. The van der Waals surface area contributed by atoms with Gasteiger partial charge in [-0.3, -0.25) is 9.69 Å². The molecule has 0 aliphatic heterocycles. The molecule has 0 bridgehead atoms. The smallest absolute Gasteiger partial charge is 0.273 e. The summed E-state index contributed by atoms with van der Waals surface area (Å²) in [4.78, 5) is 19.1. The zero-order valence-electron chi connectivity index (χ0n) is 19.0. The van der Waals surface area contributed by atoms with Gasteiger partial charge in [-0.15, -0.1) is 0 Å². The number of nitrogens with one attached hydrogen (secondary N) is 1. The van der Waals surface area contributed by atoms with Crippen LogP contribution < -0.4 is 5.32 Å². The van der Waals surface area contributed by atoms with Gasteiger partial charge in [-0.05, 0) is 41.8 Å². The lowest BCUT2D eigenvalue weighted by atomic mass is 10.1. The monoisotopic (exact) mass is 511 g/mol. The number of oxazole rings is 1. The van der Waals surface area contributed by atoms with Gasteiger partial charge in [0.1, 0.15) is 12.1 Å². The molecule has 0 saturated carbocycles. The minimum atomic E-state index is -0.320. The molecule has 0 saturated heterocycles. The molecule has 4 aromatic rings. The molecule has 0 unspecified atom stereocenters. The Morgan fingerprint density at radius 2 is 1.74 bits per heavy atom. The van der Waals surface area contributed by atoms with Gasteiger partial charge < -0.3 is 9.73 Å². The molecular formula is C27H24Cl2FN3O2. The summed E-state index contributed by atoms with van der Waals surface area (Å²) in [5.41, 5.74) is 2.94. The fraction of sp³-hybridized carbons (Fsp3) is 0.185. The normalized spacial score (nSPS) is 12.0. The number of amides is 1. The molecule has 0 fully saturated rings. The Kier molecular flexibility index (Phi) is 8.18. The van der Waals surface area contributed by atoms with E-state index >= 15 is 0 Å². The average molecular weight is 512 g/mol. The van der Waals surface area contributed by atoms with Crippen molar-refractivity contribution in [3.8, 4) is 0 Å². The maximum Gasteiger partial charge on any atom is 0.273 e. The maximum absolute atomic E-state index is 13.4. The Labute approximate surface area is 213 Å². The zero-order valence-corrected chi connectivity index (χ0v) is 20.6. The standard InChI is InChI=1S/C27H24Cl2FN3O2/c1-18(20-6-3-2-4-7-20)31-27(34)24-17-35-25(32-24)16-33(14-19-10-12-22(30)13-11-19)15-21-8-5-9-23(28)26(21)29/h2-13,17-18H,14-16H2,1H3,(H,31,34)/t18-/m1/s1. The van der Waals surface area contributed by atoms with Gasteiger partial charge in [0, 0.05) is 13.1 Å². The summed E-state index contributed by atoms with van der Waals surface area (Å²) in [7, 11) is 0. The molecule has 4 rings (SSSR count). The van der Waals surface area contributed by atoms with Gasteiger partial charge in [0.15, 0.2) is 5.69 Å². The van der Waals surface area contributed by atoms with Gasteiger partial charge in [-0.1, -0.05) is 77.8 Å². The van der Waals surface area contributed by atoms with E-state index < -0.39 is 0 Å². The van der Waals surface area contributed by atoms with Gasteiger partial charge in [0.05, 0.1) is 22.6 Å². The molecule has 0 spiro atoms. The van der Waals surface area contributed by atoms with E-state index in [0.717, 1.165) is 16.7 Å². The summed E-state index contributed by atoms with van der Waals surface area (Å²) in [6, 6.07) is 21.2. The molecule has 8 heteroatoms. The third-order valence-electron chi connectivity index (χ3n) is 5.54. The highest BCUT2D eigenvalue weighted by Gasteiger charge is 2.18. The molecule has 3 aromatic carbocycles. The van der Waals surface area contributed by atoms with Crippen LogP contribution in [0.25, 0.3) is 0 Å². The van der Waals surface area contributed by atoms with Gasteiger partial charge in [-0.25, -0.2) is 9.37 Å². The van der Waals surface area contributed by atoms with E-state index in [1.807, 2.05) is 54.3 Å². The molecule has 1 atom stereocenters. The lowest BCUT2D eigenvalue weighted by Crippen LogP contribution is -2.27. The van der Waals surface area contributed by atoms with Gasteiger partial charge in [-0.2, -0.15) is 0 Å². The number of carbonyl (C=O) groups excluding carboxylic acids is 1. The van der Waals surface area contributed by atoms with Crippen LogP contribution in [0.1, 0.15) is 46.0 Å². The maximum atomic E-state index is 13.4. The molecular weight excluding hydrogens is 488 g/mol. The number of carbonyl (C=O) groups is 1. The van der Waals surface area contributed by atoms with Crippen molar-refractivity contribution in [1.29, 1.82) is 0 Å². The number of benzene rings is 3. The fourth-order valence-electron chi connectivity index (χ4n) is 3.70. The first-order valence-electron chi connectivity index (χ1n) is 11.1. The Bertz CT molecular complexity index is 1280. The predicted molar refractivity (Wildman–Crippen MR) is 135 cm³/mol. The van der Waals surface area contributed by atoms with E-state index in [-0.39, 0.29) is 23.5 Å². The summed E-state index contributed by atoms with van der Waals surface area (Å²) in [5.74, 6) is -0.242. The third kappa shape index (κ3) is 6.69. The summed E-state index contributed by atoms with van der Waals surface area (Å²) in [5, 5.41) is 3.87.